The lowest BCUT2D eigenvalue weighted by Gasteiger charge is -2.18. The zero-order valence-corrected chi connectivity index (χ0v) is 52.6. The number of ether oxygens (including phenoxy) is 3. The second-order valence-electron chi connectivity index (χ2n) is 22.4. The molecule has 1 unspecified atom stereocenters. The summed E-state index contributed by atoms with van der Waals surface area (Å²) in [5, 5.41) is 0. The average molecular weight is 1110 g/mol. The molecular formula is C74H126O6. The van der Waals surface area contributed by atoms with Crippen LogP contribution >= 0.6 is 0 Å². The molecule has 0 saturated heterocycles. The summed E-state index contributed by atoms with van der Waals surface area (Å²) in [5.41, 5.74) is 0. The van der Waals surface area contributed by atoms with E-state index in [-0.39, 0.29) is 31.1 Å². The van der Waals surface area contributed by atoms with Crippen molar-refractivity contribution in [3.05, 3.63) is 109 Å². The van der Waals surface area contributed by atoms with Gasteiger partial charge in [0, 0.05) is 19.3 Å². The van der Waals surface area contributed by atoms with Gasteiger partial charge in [0.2, 0.25) is 0 Å². The van der Waals surface area contributed by atoms with Crippen LogP contribution in [0, 0.1) is 0 Å². The maximum atomic E-state index is 12.9. The van der Waals surface area contributed by atoms with Gasteiger partial charge in [-0.3, -0.25) is 14.4 Å². The number of hydrogen-bond acceptors (Lipinski definition) is 6. The maximum absolute atomic E-state index is 12.9. The lowest BCUT2D eigenvalue weighted by molar-refractivity contribution is -0.167. The van der Waals surface area contributed by atoms with Crippen LogP contribution in [0.4, 0.5) is 0 Å². The third-order valence-electron chi connectivity index (χ3n) is 14.5. The molecule has 0 bridgehead atoms. The second-order valence-corrected chi connectivity index (χ2v) is 22.4. The molecule has 0 aromatic carbocycles. The SMILES string of the molecule is CC/C=C\C/C=C\C/C=C\C/C=C\C/C=C\C/C=C\CCCCCCCCCCCCCCC(=O)OCC(COC(=O)CCCCCCCCCCCC)OC(=O)CCCCCCCC/C=C\C/C=C\C/C=C\CCCCCCC. The van der Waals surface area contributed by atoms with E-state index in [0.717, 1.165) is 122 Å². The Morgan fingerprint density at radius 3 is 0.762 bits per heavy atom. The van der Waals surface area contributed by atoms with E-state index in [1.54, 1.807) is 0 Å². The van der Waals surface area contributed by atoms with Crippen LogP contribution in [-0.2, 0) is 28.6 Å². The number of carbonyl (C=O) groups excluding carboxylic acids is 3. The zero-order chi connectivity index (χ0) is 57.8. The summed E-state index contributed by atoms with van der Waals surface area (Å²) >= 11 is 0. The number of esters is 3. The molecular weight excluding hydrogens is 985 g/mol. The molecule has 0 amide bonds. The van der Waals surface area contributed by atoms with E-state index in [9.17, 15) is 14.4 Å². The Hall–Kier alpha value is -3.93. The molecule has 0 saturated carbocycles. The highest BCUT2D eigenvalue weighted by Crippen LogP contribution is 2.16. The highest BCUT2D eigenvalue weighted by atomic mass is 16.6. The minimum atomic E-state index is -0.785. The molecule has 0 rings (SSSR count). The van der Waals surface area contributed by atoms with Gasteiger partial charge in [-0.15, -0.1) is 0 Å². The lowest BCUT2D eigenvalue weighted by atomic mass is 10.0. The molecule has 0 spiro atoms. The summed E-state index contributed by atoms with van der Waals surface area (Å²) in [5.74, 6) is -0.887. The largest absolute Gasteiger partial charge is 0.462 e. The van der Waals surface area contributed by atoms with Crippen molar-refractivity contribution in [2.45, 2.75) is 329 Å². The highest BCUT2D eigenvalue weighted by molar-refractivity contribution is 5.71. The van der Waals surface area contributed by atoms with Gasteiger partial charge in [-0.25, -0.2) is 0 Å². The highest BCUT2D eigenvalue weighted by Gasteiger charge is 2.19. The smallest absolute Gasteiger partial charge is 0.306 e. The molecule has 0 heterocycles. The number of unbranched alkanes of at least 4 members (excludes halogenated alkanes) is 32. The van der Waals surface area contributed by atoms with E-state index < -0.39 is 6.10 Å². The zero-order valence-electron chi connectivity index (χ0n) is 52.6. The Labute approximate surface area is 495 Å². The first-order valence-electron chi connectivity index (χ1n) is 33.9. The van der Waals surface area contributed by atoms with Crippen molar-refractivity contribution in [1.82, 2.24) is 0 Å². The van der Waals surface area contributed by atoms with Crippen molar-refractivity contribution >= 4 is 17.9 Å². The normalized spacial score (nSPS) is 12.8. The lowest BCUT2D eigenvalue weighted by Crippen LogP contribution is -2.30. The molecule has 0 aliphatic rings. The number of carbonyl (C=O) groups is 3. The summed E-state index contributed by atoms with van der Waals surface area (Å²) in [6.45, 7) is 6.51. The molecule has 0 aromatic heterocycles. The maximum Gasteiger partial charge on any atom is 0.306 e. The fraction of sp³-hybridized carbons (Fsp3) is 0.716. The van der Waals surface area contributed by atoms with Crippen LogP contribution in [0.1, 0.15) is 323 Å². The fourth-order valence-corrected chi connectivity index (χ4v) is 9.45. The van der Waals surface area contributed by atoms with Crippen LogP contribution in [-0.4, -0.2) is 37.2 Å². The molecule has 6 nitrogen and oxygen atoms in total. The van der Waals surface area contributed by atoms with Crippen molar-refractivity contribution in [1.29, 1.82) is 0 Å². The Morgan fingerprint density at radius 2 is 0.487 bits per heavy atom. The van der Waals surface area contributed by atoms with E-state index >= 15 is 0 Å². The van der Waals surface area contributed by atoms with Gasteiger partial charge in [-0.2, -0.15) is 0 Å². The topological polar surface area (TPSA) is 78.9 Å². The predicted octanol–water partition coefficient (Wildman–Crippen LogP) is 23.4. The van der Waals surface area contributed by atoms with E-state index in [2.05, 4.69) is 130 Å². The monoisotopic (exact) mass is 1110 g/mol. The van der Waals surface area contributed by atoms with Crippen LogP contribution in [0.25, 0.3) is 0 Å². The predicted molar refractivity (Wildman–Crippen MR) is 348 cm³/mol. The minimum Gasteiger partial charge on any atom is -0.462 e. The molecule has 0 aliphatic carbocycles. The van der Waals surface area contributed by atoms with Gasteiger partial charge < -0.3 is 14.2 Å². The molecule has 0 aliphatic heterocycles. The summed E-state index contributed by atoms with van der Waals surface area (Å²) in [6.07, 6.45) is 92.5. The van der Waals surface area contributed by atoms with Gasteiger partial charge in [-0.05, 0) is 109 Å². The third kappa shape index (κ3) is 64.9. The molecule has 0 fully saturated rings. The fourth-order valence-electron chi connectivity index (χ4n) is 9.45. The summed E-state index contributed by atoms with van der Waals surface area (Å²) < 4.78 is 16.9. The standard InChI is InChI=1S/C74H126O6/c1-4-7-10-13-16-19-22-24-26-28-30-32-33-34-35-36-37-38-39-40-41-43-44-46-48-50-52-55-58-61-64-67-73(76)79-70-71(69-78-72(75)66-63-60-57-54-21-18-15-12-9-6-3)80-74(77)68-65-62-59-56-53-51-49-47-45-42-31-29-27-25-23-20-17-14-11-8-5-2/h7,10,16,19,23-26,29-32,34-35,37-38,45,47,71H,4-6,8-9,11-15,17-18,20-22,27-28,33,36,39-44,46,48-70H2,1-3H3/b10-7-,19-16-,25-23-,26-24-,31-29-,32-30-,35-34-,38-37-,47-45-. The van der Waals surface area contributed by atoms with E-state index in [0.29, 0.717) is 19.3 Å². The van der Waals surface area contributed by atoms with Crippen molar-refractivity contribution in [2.24, 2.45) is 0 Å². The number of allylic oxidation sites excluding steroid dienone is 18. The van der Waals surface area contributed by atoms with E-state index in [1.807, 2.05) is 0 Å². The summed E-state index contributed by atoms with van der Waals surface area (Å²) in [7, 11) is 0. The minimum absolute atomic E-state index is 0.0813. The third-order valence-corrected chi connectivity index (χ3v) is 14.5. The summed E-state index contributed by atoms with van der Waals surface area (Å²) in [6, 6.07) is 0. The first-order valence-corrected chi connectivity index (χ1v) is 33.9. The first-order chi connectivity index (χ1) is 39.5. The van der Waals surface area contributed by atoms with E-state index in [4.69, 9.17) is 14.2 Å². The van der Waals surface area contributed by atoms with Crippen LogP contribution in [0.15, 0.2) is 109 Å². The molecule has 1 atom stereocenters. The van der Waals surface area contributed by atoms with Crippen LogP contribution in [0.3, 0.4) is 0 Å². The van der Waals surface area contributed by atoms with E-state index in [1.165, 1.54) is 161 Å². The quantitative estimate of drug-likeness (QED) is 0.0261. The van der Waals surface area contributed by atoms with Gasteiger partial charge in [0.05, 0.1) is 0 Å². The average Bonchev–Trinajstić information content (AvgIpc) is 3.46. The molecule has 0 radical (unpaired) electrons. The summed E-state index contributed by atoms with van der Waals surface area (Å²) in [4.78, 5) is 38.3. The van der Waals surface area contributed by atoms with Gasteiger partial charge in [0.15, 0.2) is 6.10 Å². The first kappa shape index (κ1) is 76.1. The van der Waals surface area contributed by atoms with Crippen molar-refractivity contribution in [2.75, 3.05) is 13.2 Å². The van der Waals surface area contributed by atoms with Crippen LogP contribution < -0.4 is 0 Å². The molecule has 80 heavy (non-hydrogen) atoms. The number of hydrogen-bond donors (Lipinski definition) is 0. The van der Waals surface area contributed by atoms with Gasteiger partial charge in [-0.1, -0.05) is 304 Å². The molecule has 6 heteroatoms. The van der Waals surface area contributed by atoms with Gasteiger partial charge in [0.1, 0.15) is 13.2 Å². The molecule has 0 N–H and O–H groups in total. The second kappa shape index (κ2) is 67.6. The van der Waals surface area contributed by atoms with Crippen molar-refractivity contribution in [3.8, 4) is 0 Å². The molecule has 0 aromatic rings. The van der Waals surface area contributed by atoms with Crippen molar-refractivity contribution < 1.29 is 28.6 Å². The Bertz CT molecular complexity index is 1610. The van der Waals surface area contributed by atoms with Crippen molar-refractivity contribution in [3.63, 3.8) is 0 Å². The van der Waals surface area contributed by atoms with Gasteiger partial charge in [0.25, 0.3) is 0 Å². The van der Waals surface area contributed by atoms with Crippen LogP contribution in [0.5, 0.6) is 0 Å². The van der Waals surface area contributed by atoms with Gasteiger partial charge >= 0.3 is 17.9 Å². The molecule has 458 valence electrons. The Morgan fingerprint density at radius 1 is 0.263 bits per heavy atom. The van der Waals surface area contributed by atoms with Crippen LogP contribution in [0.2, 0.25) is 0 Å². The Balaban J connectivity index is 4.22. The number of rotatable bonds is 61. The Kier molecular flexibility index (Phi) is 64.3.